The van der Waals surface area contributed by atoms with Gasteiger partial charge in [-0.25, -0.2) is 0 Å². The highest BCUT2D eigenvalue weighted by atomic mass is 16.5. The topological polar surface area (TPSA) is 61.3 Å². The molecule has 0 spiro atoms. The molecule has 0 fully saturated rings. The smallest absolute Gasteiger partial charge is 0.154 e. The van der Waals surface area contributed by atoms with Crippen molar-refractivity contribution in [3.63, 3.8) is 0 Å². The molecule has 0 aliphatic carbocycles. The van der Waals surface area contributed by atoms with E-state index in [4.69, 9.17) is 15.0 Å². The van der Waals surface area contributed by atoms with Gasteiger partial charge in [0.25, 0.3) is 0 Å². The fourth-order valence-corrected chi connectivity index (χ4v) is 1.84. The molecule has 18 heavy (non-hydrogen) atoms. The van der Waals surface area contributed by atoms with Crippen LogP contribution in [0.4, 0.5) is 0 Å². The molecule has 0 amide bonds. The van der Waals surface area contributed by atoms with Crippen molar-refractivity contribution in [1.29, 1.82) is 0 Å². The summed E-state index contributed by atoms with van der Waals surface area (Å²) in [5.41, 5.74) is 8.84. The summed E-state index contributed by atoms with van der Waals surface area (Å²) < 4.78 is 10.5. The Bertz CT molecular complexity index is 508. The molecule has 96 valence electrons. The molecule has 0 saturated heterocycles. The first-order valence-electron chi connectivity index (χ1n) is 6.05. The fourth-order valence-electron chi connectivity index (χ4n) is 1.84. The number of nitrogens with zero attached hydrogens (tertiary/aromatic N) is 1. The van der Waals surface area contributed by atoms with Crippen LogP contribution >= 0.6 is 0 Å². The maximum Gasteiger partial charge on any atom is 0.154 e. The minimum absolute atomic E-state index is 0.0964. The van der Waals surface area contributed by atoms with E-state index < -0.39 is 0 Å². The van der Waals surface area contributed by atoms with Crippen molar-refractivity contribution in [2.75, 3.05) is 7.11 Å². The molecular formula is C14H18N2O2. The van der Waals surface area contributed by atoms with E-state index in [1.54, 1.807) is 7.11 Å². The van der Waals surface area contributed by atoms with Gasteiger partial charge in [0.2, 0.25) is 0 Å². The largest absolute Gasteiger partial charge is 0.380 e. The Balaban J connectivity index is 2.33. The summed E-state index contributed by atoms with van der Waals surface area (Å²) in [6, 6.07) is 9.79. The van der Waals surface area contributed by atoms with Crippen LogP contribution in [0.3, 0.4) is 0 Å². The molecule has 1 aromatic carbocycles. The summed E-state index contributed by atoms with van der Waals surface area (Å²) >= 11 is 0. The van der Waals surface area contributed by atoms with Crippen molar-refractivity contribution >= 4 is 0 Å². The third-order valence-corrected chi connectivity index (χ3v) is 2.93. The minimum atomic E-state index is -0.0964. The average molecular weight is 246 g/mol. The van der Waals surface area contributed by atoms with E-state index in [1.165, 1.54) is 0 Å². The lowest BCUT2D eigenvalue weighted by Gasteiger charge is -2.05. The summed E-state index contributed by atoms with van der Waals surface area (Å²) in [6.45, 7) is 2.57. The van der Waals surface area contributed by atoms with E-state index in [-0.39, 0.29) is 6.04 Å². The van der Waals surface area contributed by atoms with Crippen LogP contribution in [-0.4, -0.2) is 12.3 Å². The van der Waals surface area contributed by atoms with Crippen molar-refractivity contribution in [2.45, 2.75) is 26.0 Å². The highest BCUT2D eigenvalue weighted by Crippen LogP contribution is 2.26. The maximum atomic E-state index is 5.92. The molecule has 2 N–H and O–H groups in total. The second-order valence-corrected chi connectivity index (χ2v) is 4.22. The van der Waals surface area contributed by atoms with E-state index in [2.05, 4.69) is 5.16 Å². The van der Waals surface area contributed by atoms with Crippen LogP contribution in [0.1, 0.15) is 30.7 Å². The summed E-state index contributed by atoms with van der Waals surface area (Å²) in [6.07, 6.45) is 0.828. The lowest BCUT2D eigenvalue weighted by atomic mass is 10.0. The Morgan fingerprint density at radius 3 is 2.89 bits per heavy atom. The number of rotatable bonds is 5. The molecule has 0 saturated carbocycles. The van der Waals surface area contributed by atoms with E-state index in [1.807, 2.05) is 37.3 Å². The first kappa shape index (κ1) is 12.8. The number of ether oxygens (including phenoxy) is 1. The van der Waals surface area contributed by atoms with Crippen LogP contribution in [0.5, 0.6) is 0 Å². The van der Waals surface area contributed by atoms with E-state index >= 15 is 0 Å². The van der Waals surface area contributed by atoms with Crippen LogP contribution in [0.25, 0.3) is 11.3 Å². The van der Waals surface area contributed by atoms with Gasteiger partial charge in [-0.1, -0.05) is 36.3 Å². The molecular weight excluding hydrogens is 228 g/mol. The zero-order chi connectivity index (χ0) is 13.0. The van der Waals surface area contributed by atoms with Crippen molar-refractivity contribution in [3.8, 4) is 11.3 Å². The molecule has 4 heteroatoms. The molecule has 1 unspecified atom stereocenters. The zero-order valence-electron chi connectivity index (χ0n) is 10.7. The van der Waals surface area contributed by atoms with Gasteiger partial charge in [0.05, 0.1) is 12.6 Å². The normalized spacial score (nSPS) is 12.6. The van der Waals surface area contributed by atoms with Gasteiger partial charge in [-0.2, -0.15) is 0 Å². The second kappa shape index (κ2) is 5.80. The van der Waals surface area contributed by atoms with Crippen LogP contribution in [0, 0.1) is 0 Å². The van der Waals surface area contributed by atoms with Crippen LogP contribution in [-0.2, 0) is 11.3 Å². The van der Waals surface area contributed by atoms with Gasteiger partial charge in [0, 0.05) is 18.7 Å². The third-order valence-electron chi connectivity index (χ3n) is 2.93. The number of nitrogens with two attached hydrogens (primary N) is 1. The number of aromatic nitrogens is 1. The van der Waals surface area contributed by atoms with Crippen molar-refractivity contribution in [2.24, 2.45) is 5.73 Å². The maximum absolute atomic E-state index is 5.92. The molecule has 4 nitrogen and oxygen atoms in total. The Hall–Kier alpha value is -1.65. The molecule has 1 atom stereocenters. The number of hydrogen-bond donors (Lipinski definition) is 1. The third kappa shape index (κ3) is 2.60. The van der Waals surface area contributed by atoms with Crippen molar-refractivity contribution in [1.82, 2.24) is 5.16 Å². The summed E-state index contributed by atoms with van der Waals surface area (Å²) in [4.78, 5) is 0. The first-order chi connectivity index (χ1) is 8.76. The van der Waals surface area contributed by atoms with Crippen molar-refractivity contribution < 1.29 is 9.26 Å². The van der Waals surface area contributed by atoms with Gasteiger partial charge >= 0.3 is 0 Å². The molecule has 1 aromatic heterocycles. The van der Waals surface area contributed by atoms with Gasteiger partial charge in [0.1, 0.15) is 5.69 Å². The highest BCUT2D eigenvalue weighted by Gasteiger charge is 2.13. The van der Waals surface area contributed by atoms with Crippen molar-refractivity contribution in [3.05, 3.63) is 41.7 Å². The standard InChI is InChI=1S/C14H18N2O2/c1-3-12(15)14-8-13(16-18-14)11-7-5-4-6-10(11)9-17-2/h4-8,12H,3,9,15H2,1-2H3. The molecule has 0 aliphatic rings. The van der Waals surface area contributed by atoms with Crippen LogP contribution in [0.2, 0.25) is 0 Å². The summed E-state index contributed by atoms with van der Waals surface area (Å²) in [5, 5.41) is 4.09. The molecule has 0 radical (unpaired) electrons. The van der Waals surface area contributed by atoms with Gasteiger partial charge < -0.3 is 15.0 Å². The Morgan fingerprint density at radius 1 is 1.39 bits per heavy atom. The van der Waals surface area contributed by atoms with Crippen LogP contribution in [0.15, 0.2) is 34.9 Å². The molecule has 0 aliphatic heterocycles. The number of methoxy groups -OCH3 is 1. The van der Waals surface area contributed by atoms with Gasteiger partial charge in [-0.05, 0) is 12.0 Å². The number of benzene rings is 1. The molecule has 0 bridgehead atoms. The fraction of sp³-hybridized carbons (Fsp3) is 0.357. The second-order valence-electron chi connectivity index (χ2n) is 4.22. The van der Waals surface area contributed by atoms with Gasteiger partial charge in [-0.15, -0.1) is 0 Å². The molecule has 2 rings (SSSR count). The van der Waals surface area contributed by atoms with Gasteiger partial charge in [0.15, 0.2) is 5.76 Å². The Labute approximate surface area is 107 Å². The average Bonchev–Trinajstić information content (AvgIpc) is 2.88. The quantitative estimate of drug-likeness (QED) is 0.881. The zero-order valence-corrected chi connectivity index (χ0v) is 10.7. The predicted molar refractivity (Wildman–Crippen MR) is 69.9 cm³/mol. The van der Waals surface area contributed by atoms with Crippen LogP contribution < -0.4 is 5.73 Å². The molecule has 1 heterocycles. The Kier molecular flexibility index (Phi) is 4.12. The monoisotopic (exact) mass is 246 g/mol. The summed E-state index contributed by atoms with van der Waals surface area (Å²) in [7, 11) is 1.68. The predicted octanol–water partition coefficient (Wildman–Crippen LogP) is 2.90. The van der Waals surface area contributed by atoms with E-state index in [9.17, 15) is 0 Å². The minimum Gasteiger partial charge on any atom is -0.380 e. The first-order valence-corrected chi connectivity index (χ1v) is 6.05. The summed E-state index contributed by atoms with van der Waals surface area (Å²) in [5.74, 6) is 0.722. The lowest BCUT2D eigenvalue weighted by Crippen LogP contribution is -2.06. The Morgan fingerprint density at radius 2 is 2.17 bits per heavy atom. The molecule has 2 aromatic rings. The number of hydrogen-bond acceptors (Lipinski definition) is 4. The highest BCUT2D eigenvalue weighted by molar-refractivity contribution is 5.63. The van der Waals surface area contributed by atoms with E-state index in [0.29, 0.717) is 6.61 Å². The SMILES string of the molecule is CCC(N)c1cc(-c2ccccc2COC)no1. The lowest BCUT2D eigenvalue weighted by molar-refractivity contribution is 0.185. The van der Waals surface area contributed by atoms with Gasteiger partial charge in [-0.3, -0.25) is 0 Å². The van der Waals surface area contributed by atoms with E-state index in [0.717, 1.165) is 29.0 Å².